The van der Waals surface area contributed by atoms with Gasteiger partial charge in [0, 0.05) is 18.7 Å². The fraction of sp³-hybridized carbons (Fsp3) is 1.00. The molecule has 3 heteroatoms. The highest BCUT2D eigenvalue weighted by atomic mass is 16.5. The minimum absolute atomic E-state index is 0.383. The molecule has 82 valence electrons. The summed E-state index contributed by atoms with van der Waals surface area (Å²) in [7, 11) is 0. The van der Waals surface area contributed by atoms with Crippen LogP contribution in [0.3, 0.4) is 0 Å². The van der Waals surface area contributed by atoms with E-state index in [1.165, 1.54) is 19.3 Å². The minimum atomic E-state index is 0.383. The molecule has 0 spiro atoms. The summed E-state index contributed by atoms with van der Waals surface area (Å²) in [4.78, 5) is 0. The van der Waals surface area contributed by atoms with E-state index in [1.54, 1.807) is 0 Å². The highest BCUT2D eigenvalue weighted by Crippen LogP contribution is 2.26. The van der Waals surface area contributed by atoms with Crippen molar-refractivity contribution >= 4 is 0 Å². The minimum Gasteiger partial charge on any atom is -0.377 e. The fourth-order valence-electron chi connectivity index (χ4n) is 2.76. The van der Waals surface area contributed by atoms with E-state index in [9.17, 15) is 0 Å². The second kappa shape index (κ2) is 4.60. The van der Waals surface area contributed by atoms with E-state index in [1.807, 2.05) is 0 Å². The van der Waals surface area contributed by atoms with Crippen LogP contribution in [0, 0.1) is 5.92 Å². The second-order valence-electron chi connectivity index (χ2n) is 4.67. The number of ether oxygens (including phenoxy) is 1. The molecule has 1 saturated heterocycles. The number of hydrogen-bond donors (Lipinski definition) is 2. The molecule has 3 nitrogen and oxygen atoms in total. The molecule has 0 radical (unpaired) electrons. The van der Waals surface area contributed by atoms with Gasteiger partial charge < -0.3 is 15.8 Å². The van der Waals surface area contributed by atoms with Gasteiger partial charge in [-0.1, -0.05) is 6.42 Å². The average Bonchev–Trinajstić information content (AvgIpc) is 2.77. The van der Waals surface area contributed by atoms with Crippen molar-refractivity contribution in [3.05, 3.63) is 0 Å². The molecule has 1 saturated carbocycles. The molecule has 0 amide bonds. The zero-order valence-electron chi connectivity index (χ0n) is 9.04. The molecule has 4 unspecified atom stereocenters. The Hall–Kier alpha value is -0.120. The lowest BCUT2D eigenvalue weighted by Crippen LogP contribution is -2.45. The summed E-state index contributed by atoms with van der Waals surface area (Å²) in [6.07, 6.45) is 5.48. The summed E-state index contributed by atoms with van der Waals surface area (Å²) >= 11 is 0. The molecule has 2 rings (SSSR count). The van der Waals surface area contributed by atoms with Crippen LogP contribution in [0.2, 0.25) is 0 Å². The lowest BCUT2D eigenvalue weighted by atomic mass is 10.0. The van der Waals surface area contributed by atoms with Gasteiger partial charge in [0.25, 0.3) is 0 Å². The van der Waals surface area contributed by atoms with Crippen LogP contribution in [0.25, 0.3) is 0 Å². The second-order valence-corrected chi connectivity index (χ2v) is 4.67. The Morgan fingerprint density at radius 3 is 2.79 bits per heavy atom. The molecular weight excluding hydrogens is 176 g/mol. The molecule has 0 aromatic carbocycles. The van der Waals surface area contributed by atoms with Gasteiger partial charge in [0.1, 0.15) is 0 Å². The Kier molecular flexibility index (Phi) is 3.42. The Labute approximate surface area is 86.4 Å². The molecule has 1 aliphatic carbocycles. The largest absolute Gasteiger partial charge is 0.377 e. The van der Waals surface area contributed by atoms with Gasteiger partial charge in [-0.15, -0.1) is 0 Å². The van der Waals surface area contributed by atoms with Crippen LogP contribution in [-0.2, 0) is 4.74 Å². The smallest absolute Gasteiger partial charge is 0.0700 e. The van der Waals surface area contributed by atoms with Crippen LogP contribution in [0.15, 0.2) is 0 Å². The summed E-state index contributed by atoms with van der Waals surface area (Å²) in [6, 6.07) is 1.21. The standard InChI is InChI=1S/C11H22N2O/c1-8-10(5-6-14-8)13-11-4-2-3-9(11)7-12/h8-11,13H,2-7,12H2,1H3. The molecule has 14 heavy (non-hydrogen) atoms. The van der Waals surface area contributed by atoms with Gasteiger partial charge in [-0.05, 0) is 38.6 Å². The van der Waals surface area contributed by atoms with Crippen LogP contribution in [0.5, 0.6) is 0 Å². The van der Waals surface area contributed by atoms with E-state index in [-0.39, 0.29) is 0 Å². The lowest BCUT2D eigenvalue weighted by Gasteiger charge is -2.25. The van der Waals surface area contributed by atoms with Gasteiger partial charge in [0.15, 0.2) is 0 Å². The first-order valence-corrected chi connectivity index (χ1v) is 5.89. The van der Waals surface area contributed by atoms with Crippen molar-refractivity contribution in [1.82, 2.24) is 5.32 Å². The van der Waals surface area contributed by atoms with Crippen LogP contribution in [0.1, 0.15) is 32.6 Å². The van der Waals surface area contributed by atoms with E-state index in [0.29, 0.717) is 24.1 Å². The monoisotopic (exact) mass is 198 g/mol. The van der Waals surface area contributed by atoms with Crippen molar-refractivity contribution < 1.29 is 4.74 Å². The molecule has 0 aromatic rings. The van der Waals surface area contributed by atoms with E-state index in [4.69, 9.17) is 10.5 Å². The van der Waals surface area contributed by atoms with Crippen LogP contribution in [0.4, 0.5) is 0 Å². The lowest BCUT2D eigenvalue weighted by molar-refractivity contribution is 0.109. The van der Waals surface area contributed by atoms with Crippen molar-refractivity contribution in [3.63, 3.8) is 0 Å². The first-order valence-electron chi connectivity index (χ1n) is 5.89. The van der Waals surface area contributed by atoms with Crippen LogP contribution in [-0.4, -0.2) is 31.3 Å². The van der Waals surface area contributed by atoms with Crippen molar-refractivity contribution in [3.8, 4) is 0 Å². The maximum absolute atomic E-state index is 5.76. The van der Waals surface area contributed by atoms with Crippen LogP contribution >= 0.6 is 0 Å². The molecule has 1 heterocycles. The highest BCUT2D eigenvalue weighted by molar-refractivity contribution is 4.89. The number of hydrogen-bond acceptors (Lipinski definition) is 3. The quantitative estimate of drug-likeness (QED) is 0.707. The van der Waals surface area contributed by atoms with E-state index in [2.05, 4.69) is 12.2 Å². The number of nitrogens with one attached hydrogen (secondary N) is 1. The third-order valence-corrected chi connectivity index (χ3v) is 3.77. The van der Waals surface area contributed by atoms with Gasteiger partial charge in [-0.2, -0.15) is 0 Å². The van der Waals surface area contributed by atoms with Gasteiger partial charge >= 0.3 is 0 Å². The van der Waals surface area contributed by atoms with Gasteiger partial charge in [0.05, 0.1) is 6.10 Å². The molecule has 0 aromatic heterocycles. The molecule has 2 fully saturated rings. The Morgan fingerprint density at radius 1 is 1.29 bits per heavy atom. The predicted octanol–water partition coefficient (Wildman–Crippen LogP) is 0.881. The Bertz CT molecular complexity index is 186. The van der Waals surface area contributed by atoms with E-state index < -0.39 is 0 Å². The fourth-order valence-corrected chi connectivity index (χ4v) is 2.76. The summed E-state index contributed by atoms with van der Waals surface area (Å²) < 4.78 is 5.55. The molecule has 3 N–H and O–H groups in total. The van der Waals surface area contributed by atoms with Gasteiger partial charge in [-0.3, -0.25) is 0 Å². The normalized spacial score (nSPS) is 43.3. The summed E-state index contributed by atoms with van der Waals surface area (Å²) in [5.74, 6) is 0.697. The number of rotatable bonds is 3. The zero-order valence-corrected chi connectivity index (χ0v) is 9.04. The first kappa shape index (κ1) is 10.4. The Morgan fingerprint density at radius 2 is 2.14 bits per heavy atom. The Balaban J connectivity index is 1.83. The van der Waals surface area contributed by atoms with E-state index in [0.717, 1.165) is 19.6 Å². The van der Waals surface area contributed by atoms with E-state index >= 15 is 0 Å². The van der Waals surface area contributed by atoms with Gasteiger partial charge in [0.2, 0.25) is 0 Å². The average molecular weight is 198 g/mol. The summed E-state index contributed by atoms with van der Waals surface area (Å²) in [5, 5.41) is 3.72. The molecule has 4 atom stereocenters. The third-order valence-electron chi connectivity index (χ3n) is 3.77. The molecular formula is C11H22N2O. The zero-order chi connectivity index (χ0) is 9.97. The maximum atomic E-state index is 5.76. The molecule has 2 aliphatic rings. The summed E-state index contributed by atoms with van der Waals surface area (Å²) in [5.41, 5.74) is 5.76. The SMILES string of the molecule is CC1OCCC1NC1CCCC1CN. The third kappa shape index (κ3) is 2.10. The predicted molar refractivity (Wildman–Crippen MR) is 57.1 cm³/mol. The first-order chi connectivity index (χ1) is 6.81. The van der Waals surface area contributed by atoms with Gasteiger partial charge in [-0.25, -0.2) is 0 Å². The highest BCUT2D eigenvalue weighted by Gasteiger charge is 2.31. The molecule has 0 bridgehead atoms. The maximum Gasteiger partial charge on any atom is 0.0700 e. The van der Waals surface area contributed by atoms with Crippen LogP contribution < -0.4 is 11.1 Å². The number of nitrogens with two attached hydrogens (primary N) is 1. The van der Waals surface area contributed by atoms with Crippen molar-refractivity contribution in [2.24, 2.45) is 11.7 Å². The molecule has 1 aliphatic heterocycles. The van der Waals surface area contributed by atoms with Crippen molar-refractivity contribution in [2.75, 3.05) is 13.2 Å². The summed E-state index contributed by atoms with van der Waals surface area (Å²) in [6.45, 7) is 3.91. The topological polar surface area (TPSA) is 47.3 Å². The van der Waals surface area contributed by atoms with Crippen molar-refractivity contribution in [1.29, 1.82) is 0 Å². The van der Waals surface area contributed by atoms with Crippen molar-refractivity contribution in [2.45, 2.75) is 50.8 Å².